The molecule has 0 unspecified atom stereocenters. The molecule has 0 spiro atoms. The molecule has 122 valence electrons. The second kappa shape index (κ2) is 6.53. The zero-order valence-corrected chi connectivity index (χ0v) is 14.7. The summed E-state index contributed by atoms with van der Waals surface area (Å²) in [5.74, 6) is -0.196. The van der Waals surface area contributed by atoms with E-state index in [2.05, 4.69) is 56.8 Å². The van der Waals surface area contributed by atoms with Crippen LogP contribution in [0.2, 0.25) is 0 Å². The average molecular weight is 393 g/mol. The van der Waals surface area contributed by atoms with Gasteiger partial charge < -0.3 is 4.42 Å². The molecular weight excluding hydrogens is 380 g/mol. The van der Waals surface area contributed by atoms with E-state index in [1.807, 2.05) is 24.3 Å². The molecule has 3 aromatic carbocycles. The summed E-state index contributed by atoms with van der Waals surface area (Å²) in [6, 6.07) is 21.6. The molecule has 1 N–H and O–H groups in total. The predicted octanol–water partition coefficient (Wildman–Crippen LogP) is 5.11. The van der Waals surface area contributed by atoms with Gasteiger partial charge in [0, 0.05) is 5.56 Å². The quantitative estimate of drug-likeness (QED) is 0.299. The maximum absolute atomic E-state index is 12.0. The lowest BCUT2D eigenvalue weighted by Crippen LogP contribution is -2.16. The van der Waals surface area contributed by atoms with Crippen molar-refractivity contribution in [3.05, 3.63) is 82.7 Å². The van der Waals surface area contributed by atoms with E-state index in [1.54, 1.807) is 18.3 Å². The summed E-state index contributed by atoms with van der Waals surface area (Å²) in [6.07, 6.45) is 1.68. The maximum Gasteiger partial charge on any atom is 0.307 e. The van der Waals surface area contributed by atoms with Crippen LogP contribution >= 0.6 is 15.9 Å². The number of hydrazone groups is 1. The highest BCUT2D eigenvalue weighted by atomic mass is 79.9. The van der Waals surface area contributed by atoms with Crippen LogP contribution in [0.25, 0.3) is 21.5 Å². The fourth-order valence-corrected chi connectivity index (χ4v) is 3.14. The van der Waals surface area contributed by atoms with E-state index >= 15 is 0 Å². The highest BCUT2D eigenvalue weighted by Crippen LogP contribution is 2.27. The minimum Gasteiger partial charge on any atom is -0.444 e. The number of hydrogen-bond donors (Lipinski definition) is 1. The first kappa shape index (κ1) is 15.6. The van der Waals surface area contributed by atoms with E-state index in [-0.39, 0.29) is 5.76 Å². The number of nitrogens with one attached hydrogen (secondary N) is 1. The van der Waals surface area contributed by atoms with Crippen molar-refractivity contribution in [3.63, 3.8) is 0 Å². The van der Waals surface area contributed by atoms with Gasteiger partial charge in [0.15, 0.2) is 10.4 Å². The zero-order valence-electron chi connectivity index (χ0n) is 13.1. The third-order valence-corrected chi connectivity index (χ3v) is 4.40. The summed E-state index contributed by atoms with van der Waals surface area (Å²) in [5, 5.41) is 8.55. The number of benzene rings is 3. The van der Waals surface area contributed by atoms with E-state index in [9.17, 15) is 4.79 Å². The first-order valence-electron chi connectivity index (χ1n) is 7.71. The molecule has 4 rings (SSSR count). The lowest BCUT2D eigenvalue weighted by atomic mass is 9.97. The van der Waals surface area contributed by atoms with Crippen molar-refractivity contribution in [3.8, 4) is 0 Å². The molecule has 0 saturated carbocycles. The molecule has 1 heterocycles. The van der Waals surface area contributed by atoms with Gasteiger partial charge in [-0.05, 0) is 55.7 Å². The normalized spacial score (nSPS) is 11.4. The van der Waals surface area contributed by atoms with Gasteiger partial charge in [-0.3, -0.25) is 4.79 Å². The van der Waals surface area contributed by atoms with Gasteiger partial charge in [-0.15, -0.1) is 0 Å². The number of halogens is 1. The number of amides is 1. The molecule has 0 atom stereocenters. The number of nitrogens with zero attached hydrogens (tertiary/aromatic N) is 1. The Balaban J connectivity index is 1.73. The number of furan rings is 1. The predicted molar refractivity (Wildman–Crippen MR) is 103 cm³/mol. The largest absolute Gasteiger partial charge is 0.444 e. The van der Waals surface area contributed by atoms with Gasteiger partial charge >= 0.3 is 5.91 Å². The average Bonchev–Trinajstić information content (AvgIpc) is 3.07. The summed E-state index contributed by atoms with van der Waals surface area (Å²) < 4.78 is 5.72. The monoisotopic (exact) mass is 392 g/mol. The number of rotatable bonds is 3. The third kappa shape index (κ3) is 3.06. The van der Waals surface area contributed by atoms with Crippen LogP contribution in [0, 0.1) is 0 Å². The molecule has 5 heteroatoms. The second-order valence-electron chi connectivity index (χ2n) is 5.54. The smallest absolute Gasteiger partial charge is 0.307 e. The van der Waals surface area contributed by atoms with Crippen molar-refractivity contribution in [1.29, 1.82) is 0 Å². The summed E-state index contributed by atoms with van der Waals surface area (Å²) in [6.45, 7) is 0. The molecular formula is C20H13BrN2O2. The molecule has 0 saturated heterocycles. The van der Waals surface area contributed by atoms with Crippen molar-refractivity contribution >= 4 is 49.6 Å². The van der Waals surface area contributed by atoms with Crippen molar-refractivity contribution in [1.82, 2.24) is 5.43 Å². The number of fused-ring (bicyclic) bond motifs is 2. The Morgan fingerprint density at radius 3 is 2.20 bits per heavy atom. The maximum atomic E-state index is 12.0. The lowest BCUT2D eigenvalue weighted by Gasteiger charge is -2.07. The summed E-state index contributed by atoms with van der Waals surface area (Å²) in [4.78, 5) is 12.0. The van der Waals surface area contributed by atoms with Gasteiger partial charge in [-0.2, -0.15) is 5.10 Å². The lowest BCUT2D eigenvalue weighted by molar-refractivity contribution is 0.0926. The van der Waals surface area contributed by atoms with Crippen molar-refractivity contribution < 1.29 is 9.21 Å². The summed E-state index contributed by atoms with van der Waals surface area (Å²) in [5.41, 5.74) is 3.47. The summed E-state index contributed by atoms with van der Waals surface area (Å²) in [7, 11) is 0. The van der Waals surface area contributed by atoms with Gasteiger partial charge in [-0.25, -0.2) is 5.43 Å². The fourth-order valence-electron chi connectivity index (χ4n) is 2.83. The molecule has 0 bridgehead atoms. The Morgan fingerprint density at radius 1 is 0.960 bits per heavy atom. The molecule has 4 nitrogen and oxygen atoms in total. The first-order chi connectivity index (χ1) is 12.2. The first-order valence-corrected chi connectivity index (χ1v) is 8.51. The van der Waals surface area contributed by atoms with E-state index in [4.69, 9.17) is 4.42 Å². The molecule has 4 aromatic rings. The number of carbonyl (C=O) groups is 1. The second-order valence-corrected chi connectivity index (χ2v) is 6.32. The molecule has 25 heavy (non-hydrogen) atoms. The zero-order chi connectivity index (χ0) is 17.2. The van der Waals surface area contributed by atoms with Crippen LogP contribution in [-0.2, 0) is 0 Å². The molecule has 0 aliphatic rings. The summed E-state index contributed by atoms with van der Waals surface area (Å²) >= 11 is 3.17. The Labute approximate surface area is 152 Å². The van der Waals surface area contributed by atoms with Crippen LogP contribution in [0.15, 0.2) is 80.9 Å². The van der Waals surface area contributed by atoms with Crippen LogP contribution in [0.5, 0.6) is 0 Å². The highest BCUT2D eigenvalue weighted by molar-refractivity contribution is 9.10. The molecule has 0 fully saturated rings. The van der Waals surface area contributed by atoms with E-state index in [0.29, 0.717) is 4.67 Å². The SMILES string of the molecule is O=C(N/N=C/c1c2ccccc2cc2ccccc12)c1ccc(Br)o1. The van der Waals surface area contributed by atoms with Crippen LogP contribution in [0.1, 0.15) is 16.1 Å². The van der Waals surface area contributed by atoms with Crippen molar-refractivity contribution in [2.24, 2.45) is 5.10 Å². The van der Waals surface area contributed by atoms with Gasteiger partial charge in [-0.1, -0.05) is 48.5 Å². The van der Waals surface area contributed by atoms with E-state index in [1.165, 1.54) is 0 Å². The minimum atomic E-state index is -0.397. The molecule has 1 aromatic heterocycles. The number of hydrogen-bond acceptors (Lipinski definition) is 3. The Bertz CT molecular complexity index is 1060. The highest BCUT2D eigenvalue weighted by Gasteiger charge is 2.09. The van der Waals surface area contributed by atoms with E-state index in [0.717, 1.165) is 27.1 Å². The molecule has 0 radical (unpaired) electrons. The van der Waals surface area contributed by atoms with Gasteiger partial charge in [0.1, 0.15) is 0 Å². The molecule has 1 amide bonds. The van der Waals surface area contributed by atoms with Gasteiger partial charge in [0.25, 0.3) is 0 Å². The van der Waals surface area contributed by atoms with Crippen LogP contribution in [0.3, 0.4) is 0 Å². The van der Waals surface area contributed by atoms with Crippen molar-refractivity contribution in [2.75, 3.05) is 0 Å². The minimum absolute atomic E-state index is 0.201. The van der Waals surface area contributed by atoms with Crippen molar-refractivity contribution in [2.45, 2.75) is 0 Å². The van der Waals surface area contributed by atoms with E-state index < -0.39 is 5.91 Å². The van der Waals surface area contributed by atoms with Crippen LogP contribution < -0.4 is 5.43 Å². The Morgan fingerprint density at radius 2 is 1.60 bits per heavy atom. The van der Waals surface area contributed by atoms with Crippen LogP contribution in [-0.4, -0.2) is 12.1 Å². The van der Waals surface area contributed by atoms with Gasteiger partial charge in [0.2, 0.25) is 0 Å². The topological polar surface area (TPSA) is 54.6 Å². The molecule has 0 aliphatic carbocycles. The van der Waals surface area contributed by atoms with Gasteiger partial charge in [0.05, 0.1) is 6.21 Å². The third-order valence-electron chi connectivity index (χ3n) is 3.97. The number of carbonyl (C=O) groups excluding carboxylic acids is 1. The Hall–Kier alpha value is -2.92. The fraction of sp³-hybridized carbons (Fsp3) is 0. The van der Waals surface area contributed by atoms with Crippen LogP contribution in [0.4, 0.5) is 0 Å². The standard InChI is InChI=1S/C20H13BrN2O2/c21-19-10-9-18(25-19)20(24)23-22-12-17-15-7-3-1-5-13(15)11-14-6-2-4-8-16(14)17/h1-12H,(H,23,24)/b22-12+. The Kier molecular flexibility index (Phi) is 4.07. The molecule has 0 aliphatic heterocycles.